The molecule has 1 aliphatic rings. The van der Waals surface area contributed by atoms with E-state index in [2.05, 4.69) is 6.58 Å². The summed E-state index contributed by atoms with van der Waals surface area (Å²) in [6.07, 6.45) is 8.68. The second-order valence-corrected chi connectivity index (χ2v) is 9.42. The van der Waals surface area contributed by atoms with Crippen LogP contribution >= 0.6 is 0 Å². The van der Waals surface area contributed by atoms with E-state index in [1.165, 1.54) is 18.2 Å². The van der Waals surface area contributed by atoms with E-state index in [0.717, 1.165) is 25.7 Å². The number of halogens is 4. The maximum Gasteiger partial charge on any atom is 0.201 e. The van der Waals surface area contributed by atoms with Gasteiger partial charge in [0.05, 0.1) is 12.7 Å². The van der Waals surface area contributed by atoms with Crippen molar-refractivity contribution in [2.75, 3.05) is 13.2 Å². The molecule has 4 rings (SSSR count). The molecule has 3 aromatic carbocycles. The molecule has 38 heavy (non-hydrogen) atoms. The lowest BCUT2D eigenvalue weighted by atomic mass is 9.82. The molecule has 1 aliphatic carbocycles. The van der Waals surface area contributed by atoms with Gasteiger partial charge in [-0.15, -0.1) is 6.58 Å². The van der Waals surface area contributed by atoms with E-state index in [-0.39, 0.29) is 35.5 Å². The molecule has 0 aliphatic heterocycles. The first kappa shape index (κ1) is 27.6. The van der Waals surface area contributed by atoms with Crippen LogP contribution in [0.3, 0.4) is 0 Å². The van der Waals surface area contributed by atoms with Gasteiger partial charge >= 0.3 is 0 Å². The van der Waals surface area contributed by atoms with Crippen LogP contribution in [-0.2, 0) is 4.74 Å². The molecule has 2 nitrogen and oxygen atoms in total. The zero-order chi connectivity index (χ0) is 27.1. The number of ether oxygens (including phenoxy) is 2. The molecule has 0 radical (unpaired) electrons. The average Bonchev–Trinajstić information content (AvgIpc) is 2.93. The van der Waals surface area contributed by atoms with E-state index in [1.807, 2.05) is 6.92 Å². The van der Waals surface area contributed by atoms with E-state index in [1.54, 1.807) is 48.6 Å². The van der Waals surface area contributed by atoms with Crippen LogP contribution in [0.1, 0.15) is 61.6 Å². The van der Waals surface area contributed by atoms with Crippen molar-refractivity contribution in [3.05, 3.63) is 101 Å². The molecule has 6 heteroatoms. The lowest BCUT2D eigenvalue weighted by molar-refractivity contribution is 0.0325. The largest absolute Gasteiger partial charge is 0.490 e. The average molecular weight is 525 g/mol. The van der Waals surface area contributed by atoms with Crippen LogP contribution in [0.15, 0.2) is 61.2 Å². The minimum absolute atomic E-state index is 0.0132. The minimum Gasteiger partial charge on any atom is -0.490 e. The van der Waals surface area contributed by atoms with Crippen molar-refractivity contribution < 1.29 is 27.0 Å². The van der Waals surface area contributed by atoms with Crippen molar-refractivity contribution in [2.45, 2.75) is 51.0 Å². The van der Waals surface area contributed by atoms with Gasteiger partial charge < -0.3 is 9.47 Å². The van der Waals surface area contributed by atoms with Crippen LogP contribution in [0, 0.1) is 23.3 Å². The van der Waals surface area contributed by atoms with Crippen molar-refractivity contribution in [3.8, 4) is 16.9 Å². The Morgan fingerprint density at radius 1 is 0.816 bits per heavy atom. The molecule has 200 valence electrons. The Kier molecular flexibility index (Phi) is 9.40. The summed E-state index contributed by atoms with van der Waals surface area (Å²) in [5, 5.41) is 0. The van der Waals surface area contributed by atoms with Crippen LogP contribution in [0.5, 0.6) is 5.75 Å². The highest BCUT2D eigenvalue weighted by atomic mass is 19.2. The molecule has 0 atom stereocenters. The second-order valence-electron chi connectivity index (χ2n) is 9.42. The highest BCUT2D eigenvalue weighted by molar-refractivity contribution is 5.73. The summed E-state index contributed by atoms with van der Waals surface area (Å²) < 4.78 is 69.8. The molecule has 0 bridgehead atoms. The fourth-order valence-electron chi connectivity index (χ4n) is 4.88. The minimum atomic E-state index is -1.05. The fraction of sp³-hybridized carbons (Fsp3) is 0.312. The fourth-order valence-corrected chi connectivity index (χ4v) is 4.88. The first-order valence-corrected chi connectivity index (χ1v) is 13.0. The van der Waals surface area contributed by atoms with Crippen LogP contribution in [0.4, 0.5) is 17.6 Å². The van der Waals surface area contributed by atoms with Crippen molar-refractivity contribution in [3.63, 3.8) is 0 Å². The van der Waals surface area contributed by atoms with Gasteiger partial charge in [-0.3, -0.25) is 0 Å². The zero-order valence-electron chi connectivity index (χ0n) is 21.5. The molecular weight excluding hydrogens is 492 g/mol. The van der Waals surface area contributed by atoms with Crippen LogP contribution < -0.4 is 4.74 Å². The SMILES string of the molecule is C=CCCOc1ccc(/C=C/c2ccc(-c3ccc(C4CCC(OCC)CC4)c(F)c3F)cc2)c(F)c1F. The number of rotatable bonds is 10. The van der Waals surface area contributed by atoms with Gasteiger partial charge in [-0.2, -0.15) is 4.39 Å². The summed E-state index contributed by atoms with van der Waals surface area (Å²) in [6.45, 7) is 6.40. The van der Waals surface area contributed by atoms with Gasteiger partial charge in [0.25, 0.3) is 0 Å². The highest BCUT2D eigenvalue weighted by Crippen LogP contribution is 2.38. The number of hydrogen-bond donors (Lipinski definition) is 0. The van der Waals surface area contributed by atoms with E-state index in [4.69, 9.17) is 9.47 Å². The highest BCUT2D eigenvalue weighted by Gasteiger charge is 2.26. The monoisotopic (exact) mass is 524 g/mol. The van der Waals surface area contributed by atoms with Crippen molar-refractivity contribution >= 4 is 12.2 Å². The van der Waals surface area contributed by atoms with Gasteiger partial charge in [0.15, 0.2) is 23.2 Å². The Hall–Kier alpha value is -3.38. The first-order valence-electron chi connectivity index (χ1n) is 13.0. The van der Waals surface area contributed by atoms with Gasteiger partial charge in [0.1, 0.15) is 0 Å². The Bertz CT molecular complexity index is 1280. The van der Waals surface area contributed by atoms with Crippen LogP contribution in [0.2, 0.25) is 0 Å². The van der Waals surface area contributed by atoms with E-state index in [9.17, 15) is 8.78 Å². The summed E-state index contributed by atoms with van der Waals surface area (Å²) in [5.41, 5.74) is 1.91. The Morgan fingerprint density at radius 3 is 2.24 bits per heavy atom. The number of benzene rings is 3. The molecule has 3 aromatic rings. The Morgan fingerprint density at radius 2 is 1.55 bits per heavy atom. The predicted molar refractivity (Wildman–Crippen MR) is 144 cm³/mol. The van der Waals surface area contributed by atoms with Gasteiger partial charge in [-0.1, -0.05) is 54.6 Å². The molecule has 0 N–H and O–H groups in total. The van der Waals surface area contributed by atoms with Crippen LogP contribution in [0.25, 0.3) is 23.3 Å². The zero-order valence-corrected chi connectivity index (χ0v) is 21.5. The normalized spacial score (nSPS) is 17.6. The molecule has 0 unspecified atom stereocenters. The van der Waals surface area contributed by atoms with Gasteiger partial charge in [-0.05, 0) is 73.8 Å². The third-order valence-corrected chi connectivity index (χ3v) is 6.96. The van der Waals surface area contributed by atoms with E-state index >= 15 is 8.78 Å². The van der Waals surface area contributed by atoms with E-state index in [0.29, 0.717) is 29.7 Å². The molecule has 0 aromatic heterocycles. The molecule has 0 saturated heterocycles. The number of hydrogen-bond acceptors (Lipinski definition) is 2. The van der Waals surface area contributed by atoms with E-state index < -0.39 is 23.3 Å². The molecule has 0 spiro atoms. The van der Waals surface area contributed by atoms with Crippen LogP contribution in [-0.4, -0.2) is 19.3 Å². The third kappa shape index (κ3) is 6.36. The summed E-state index contributed by atoms with van der Waals surface area (Å²) in [4.78, 5) is 0. The topological polar surface area (TPSA) is 18.5 Å². The lowest BCUT2D eigenvalue weighted by Gasteiger charge is -2.29. The molecule has 0 amide bonds. The van der Waals surface area contributed by atoms with Crippen molar-refractivity contribution in [1.82, 2.24) is 0 Å². The smallest absolute Gasteiger partial charge is 0.201 e. The van der Waals surface area contributed by atoms with Gasteiger partial charge in [0.2, 0.25) is 5.82 Å². The van der Waals surface area contributed by atoms with Gasteiger partial charge in [0, 0.05) is 17.7 Å². The molecule has 1 fully saturated rings. The molecular formula is C32H32F4O2. The van der Waals surface area contributed by atoms with Crippen molar-refractivity contribution in [2.24, 2.45) is 0 Å². The standard InChI is InChI=1S/C32H32F4O2/c1-3-5-20-38-28-19-14-24(29(33)32(28)36)11-8-21-6-9-22(10-7-21)26-17-18-27(31(35)30(26)34)23-12-15-25(16-13-23)37-4-2/h3,6-11,14,17-19,23,25H,1,4-5,12-13,15-16,20H2,2H3/b11-8+. The maximum atomic E-state index is 15.1. The Labute approximate surface area is 221 Å². The Balaban J connectivity index is 1.45. The summed E-state index contributed by atoms with van der Waals surface area (Å²) in [5.74, 6) is -3.86. The maximum absolute atomic E-state index is 15.1. The third-order valence-electron chi connectivity index (χ3n) is 6.96. The van der Waals surface area contributed by atoms with Crippen molar-refractivity contribution in [1.29, 1.82) is 0 Å². The second kappa shape index (κ2) is 12.9. The quantitative estimate of drug-likeness (QED) is 0.114. The summed E-state index contributed by atoms with van der Waals surface area (Å²) in [7, 11) is 0. The summed E-state index contributed by atoms with van der Waals surface area (Å²) in [6, 6.07) is 12.9. The molecule has 0 heterocycles. The van der Waals surface area contributed by atoms with Gasteiger partial charge in [-0.25, -0.2) is 13.2 Å². The molecule has 1 saturated carbocycles. The first-order chi connectivity index (χ1) is 18.4. The lowest BCUT2D eigenvalue weighted by Crippen LogP contribution is -2.21. The predicted octanol–water partition coefficient (Wildman–Crippen LogP) is 9.10. The summed E-state index contributed by atoms with van der Waals surface area (Å²) >= 11 is 0.